The number of aliphatic hydroxyl groups excluding tert-OH is 2. The van der Waals surface area contributed by atoms with Crippen LogP contribution < -0.4 is 0 Å². The third kappa shape index (κ3) is 5.12. The van der Waals surface area contributed by atoms with Crippen LogP contribution in [0.4, 0.5) is 0 Å². The summed E-state index contributed by atoms with van der Waals surface area (Å²) in [4.78, 5) is 20.0. The lowest BCUT2D eigenvalue weighted by molar-refractivity contribution is -0.178. The van der Waals surface area contributed by atoms with E-state index in [1.54, 1.807) is 0 Å². The molecule has 0 aromatic rings. The van der Waals surface area contributed by atoms with Gasteiger partial charge in [-0.2, -0.15) is 0 Å². The number of hydrogen-bond donors (Lipinski definition) is 4. The van der Waals surface area contributed by atoms with Gasteiger partial charge >= 0.3 is 11.9 Å². The van der Waals surface area contributed by atoms with Crippen LogP contribution in [-0.2, 0) is 14.3 Å². The Bertz CT molecular complexity index is 169. The minimum absolute atomic E-state index is 0.278. The van der Waals surface area contributed by atoms with Crippen LogP contribution in [-0.4, -0.2) is 51.4 Å². The molecule has 13 heavy (non-hydrogen) atoms. The lowest BCUT2D eigenvalue weighted by Crippen LogP contribution is -2.27. The molecule has 0 saturated heterocycles. The maximum atomic E-state index is 10.0. The minimum atomic E-state index is -1.99. The van der Waals surface area contributed by atoms with Gasteiger partial charge in [0.1, 0.15) is 0 Å². The molecule has 0 aromatic heterocycles. The number of aliphatic hydroxyl groups is 2. The third-order valence-electron chi connectivity index (χ3n) is 1.16. The molecule has 0 bridgehead atoms. The van der Waals surface area contributed by atoms with Crippen molar-refractivity contribution in [3.05, 3.63) is 0 Å². The second kappa shape index (κ2) is 5.46. The Hall–Kier alpha value is -1.18. The van der Waals surface area contributed by atoms with Gasteiger partial charge in [-0.25, -0.2) is 9.59 Å². The molecule has 0 rings (SSSR count). The largest absolute Gasteiger partial charge is 0.479 e. The zero-order chi connectivity index (χ0) is 10.4. The molecule has 0 spiro atoms. The average Bonchev–Trinajstić information content (AvgIpc) is 2.03. The Morgan fingerprint density at radius 1 is 1.15 bits per heavy atom. The molecule has 0 aliphatic heterocycles. The van der Waals surface area contributed by atoms with Crippen LogP contribution >= 0.6 is 0 Å². The number of carboxylic acid groups (broad SMARTS) is 2. The Kier molecular flexibility index (Phi) is 4.97. The van der Waals surface area contributed by atoms with Crippen LogP contribution in [0.1, 0.15) is 6.42 Å². The fourth-order valence-electron chi connectivity index (χ4n) is 0.486. The van der Waals surface area contributed by atoms with Crippen molar-refractivity contribution in [1.29, 1.82) is 0 Å². The topological polar surface area (TPSA) is 124 Å². The van der Waals surface area contributed by atoms with E-state index in [4.69, 9.17) is 20.4 Å². The molecule has 2 unspecified atom stereocenters. The van der Waals surface area contributed by atoms with E-state index in [9.17, 15) is 9.59 Å². The second-order valence-corrected chi connectivity index (χ2v) is 2.20. The van der Waals surface area contributed by atoms with E-state index in [1.807, 2.05) is 0 Å². The smallest absolute Gasteiger partial charge is 0.360 e. The van der Waals surface area contributed by atoms with Gasteiger partial charge in [0.05, 0.1) is 6.61 Å². The summed E-state index contributed by atoms with van der Waals surface area (Å²) in [6.07, 6.45) is -3.87. The zero-order valence-corrected chi connectivity index (χ0v) is 6.58. The van der Waals surface area contributed by atoms with Crippen molar-refractivity contribution in [2.75, 3.05) is 6.61 Å². The van der Waals surface area contributed by atoms with Crippen molar-refractivity contribution in [2.24, 2.45) is 0 Å². The minimum Gasteiger partial charge on any atom is -0.479 e. The maximum absolute atomic E-state index is 10.0. The van der Waals surface area contributed by atoms with Crippen LogP contribution in [0.5, 0.6) is 0 Å². The van der Waals surface area contributed by atoms with Gasteiger partial charge in [0.15, 0.2) is 6.10 Å². The third-order valence-corrected chi connectivity index (χ3v) is 1.16. The Balaban J connectivity index is 3.56. The van der Waals surface area contributed by atoms with Gasteiger partial charge in [0, 0.05) is 6.42 Å². The number of ether oxygens (including phenoxy) is 1. The first-order valence-corrected chi connectivity index (χ1v) is 3.38. The van der Waals surface area contributed by atoms with E-state index in [-0.39, 0.29) is 13.0 Å². The Labute approximate surface area is 73.2 Å². The molecule has 2 atom stereocenters. The summed E-state index contributed by atoms with van der Waals surface area (Å²) in [6.45, 7) is -0.346. The standard InChI is InChI=1S/C6H10O7/c7-3(4(8)9)1-2-13-6(12)5(10)11/h3,6-7,12H,1-2H2,(H,8,9)(H,10,11). The number of carboxylic acids is 2. The summed E-state index contributed by atoms with van der Waals surface area (Å²) < 4.78 is 4.26. The van der Waals surface area contributed by atoms with Crippen molar-refractivity contribution in [3.8, 4) is 0 Å². The summed E-state index contributed by atoms with van der Waals surface area (Å²) >= 11 is 0. The van der Waals surface area contributed by atoms with Gasteiger partial charge in [-0.3, -0.25) is 0 Å². The van der Waals surface area contributed by atoms with E-state index in [0.717, 1.165) is 0 Å². The number of hydrogen-bond acceptors (Lipinski definition) is 5. The SMILES string of the molecule is O=C(O)C(O)CCOC(O)C(=O)O. The molecule has 0 saturated carbocycles. The van der Waals surface area contributed by atoms with E-state index in [0.29, 0.717) is 0 Å². The molecule has 0 heterocycles. The summed E-state index contributed by atoms with van der Waals surface area (Å²) in [6, 6.07) is 0. The van der Waals surface area contributed by atoms with Crippen molar-refractivity contribution >= 4 is 11.9 Å². The molecule has 7 heteroatoms. The molecule has 0 amide bonds. The predicted molar refractivity (Wildman–Crippen MR) is 37.9 cm³/mol. The highest BCUT2D eigenvalue weighted by Gasteiger charge is 2.16. The summed E-state index contributed by atoms with van der Waals surface area (Å²) in [5.74, 6) is -2.99. The van der Waals surface area contributed by atoms with Crippen LogP contribution in [0.3, 0.4) is 0 Å². The normalized spacial score (nSPS) is 14.9. The molecule has 0 fully saturated rings. The lowest BCUT2D eigenvalue weighted by Gasteiger charge is -2.08. The predicted octanol–water partition coefficient (Wildman–Crippen LogP) is -1.76. The maximum Gasteiger partial charge on any atom is 0.360 e. The summed E-state index contributed by atoms with van der Waals surface area (Å²) in [5, 5.41) is 33.5. The van der Waals surface area contributed by atoms with Gasteiger partial charge in [-0.1, -0.05) is 0 Å². The molecule has 0 radical (unpaired) electrons. The first-order chi connectivity index (χ1) is 5.95. The number of rotatable bonds is 6. The molecule has 76 valence electrons. The van der Waals surface area contributed by atoms with Crippen molar-refractivity contribution < 1.29 is 34.8 Å². The van der Waals surface area contributed by atoms with Gasteiger partial charge in [0.25, 0.3) is 6.29 Å². The Morgan fingerprint density at radius 3 is 2.08 bits per heavy atom. The van der Waals surface area contributed by atoms with Gasteiger partial charge in [-0.05, 0) is 0 Å². The second-order valence-electron chi connectivity index (χ2n) is 2.20. The summed E-state index contributed by atoms with van der Waals surface area (Å²) in [5.41, 5.74) is 0. The van der Waals surface area contributed by atoms with E-state index in [2.05, 4.69) is 4.74 Å². The van der Waals surface area contributed by atoms with E-state index >= 15 is 0 Å². The molecule has 7 nitrogen and oxygen atoms in total. The molecule has 4 N–H and O–H groups in total. The molecular weight excluding hydrogens is 184 g/mol. The van der Waals surface area contributed by atoms with Crippen molar-refractivity contribution in [2.45, 2.75) is 18.8 Å². The van der Waals surface area contributed by atoms with Gasteiger partial charge in [-0.15, -0.1) is 0 Å². The highest BCUT2D eigenvalue weighted by molar-refractivity contribution is 5.72. The molecule has 0 aliphatic rings. The highest BCUT2D eigenvalue weighted by atomic mass is 16.6. The summed E-state index contributed by atoms with van der Waals surface area (Å²) in [7, 11) is 0. The first-order valence-electron chi connectivity index (χ1n) is 3.38. The van der Waals surface area contributed by atoms with Gasteiger partial charge in [0.2, 0.25) is 0 Å². The first kappa shape index (κ1) is 11.8. The van der Waals surface area contributed by atoms with Crippen LogP contribution in [0, 0.1) is 0 Å². The zero-order valence-electron chi connectivity index (χ0n) is 6.58. The molecular formula is C6H10O7. The lowest BCUT2D eigenvalue weighted by atomic mass is 10.3. The van der Waals surface area contributed by atoms with Crippen molar-refractivity contribution in [3.63, 3.8) is 0 Å². The monoisotopic (exact) mass is 194 g/mol. The van der Waals surface area contributed by atoms with E-state index < -0.39 is 24.3 Å². The van der Waals surface area contributed by atoms with Crippen molar-refractivity contribution in [1.82, 2.24) is 0 Å². The quantitative estimate of drug-likeness (QED) is 0.369. The molecule has 0 aliphatic carbocycles. The molecule has 0 aromatic carbocycles. The number of aliphatic carboxylic acids is 2. The van der Waals surface area contributed by atoms with Crippen LogP contribution in [0.2, 0.25) is 0 Å². The van der Waals surface area contributed by atoms with Crippen LogP contribution in [0.25, 0.3) is 0 Å². The fraction of sp³-hybridized carbons (Fsp3) is 0.667. The van der Waals surface area contributed by atoms with E-state index in [1.165, 1.54) is 0 Å². The number of carbonyl (C=O) groups is 2. The van der Waals surface area contributed by atoms with Crippen LogP contribution in [0.15, 0.2) is 0 Å². The van der Waals surface area contributed by atoms with Gasteiger partial charge < -0.3 is 25.2 Å². The average molecular weight is 194 g/mol. The highest BCUT2D eigenvalue weighted by Crippen LogP contribution is 1.95. The fourth-order valence-corrected chi connectivity index (χ4v) is 0.486. The Morgan fingerprint density at radius 2 is 1.69 bits per heavy atom.